The van der Waals surface area contributed by atoms with Crippen molar-refractivity contribution in [2.75, 3.05) is 6.61 Å². The van der Waals surface area contributed by atoms with E-state index in [0.717, 1.165) is 5.56 Å². The average molecular weight is 337 g/mol. The number of benzene rings is 1. The van der Waals surface area contributed by atoms with Crippen LogP contribution in [0.15, 0.2) is 61.1 Å². The molecule has 1 N–H and O–H groups in total. The Labute approximate surface area is 145 Å². The van der Waals surface area contributed by atoms with Crippen LogP contribution in [-0.2, 0) is 6.54 Å². The first kappa shape index (κ1) is 16.6. The van der Waals surface area contributed by atoms with Crippen molar-refractivity contribution in [1.82, 2.24) is 25.3 Å². The van der Waals surface area contributed by atoms with Gasteiger partial charge in [-0.1, -0.05) is 30.3 Å². The summed E-state index contributed by atoms with van der Waals surface area (Å²) < 4.78 is 5.30. The van der Waals surface area contributed by atoms with E-state index in [1.54, 1.807) is 29.3 Å². The van der Waals surface area contributed by atoms with Gasteiger partial charge < -0.3 is 10.1 Å². The molecular formula is C18H19N5O2. The number of ether oxygens (including phenoxy) is 1. The second-order valence-electron chi connectivity index (χ2n) is 5.34. The molecule has 0 bridgehead atoms. The Morgan fingerprint density at radius 2 is 1.92 bits per heavy atom. The van der Waals surface area contributed by atoms with Gasteiger partial charge >= 0.3 is 0 Å². The number of carbonyl (C=O) groups excluding carboxylic acids is 1. The molecule has 3 rings (SSSR count). The summed E-state index contributed by atoms with van der Waals surface area (Å²) >= 11 is 0. The number of aromatic nitrogens is 4. The molecule has 0 aliphatic rings. The molecule has 0 saturated carbocycles. The lowest BCUT2D eigenvalue weighted by Gasteiger charge is -2.18. The number of nitrogens with one attached hydrogen (secondary N) is 1. The third kappa shape index (κ3) is 4.41. The van der Waals surface area contributed by atoms with Gasteiger partial charge in [-0.15, -0.1) is 0 Å². The van der Waals surface area contributed by atoms with E-state index in [9.17, 15) is 4.79 Å². The molecule has 1 unspecified atom stereocenters. The minimum Gasteiger partial charge on any atom is -0.478 e. The molecule has 0 radical (unpaired) electrons. The first-order valence-corrected chi connectivity index (χ1v) is 8.05. The zero-order chi connectivity index (χ0) is 17.5. The van der Waals surface area contributed by atoms with Crippen LogP contribution >= 0.6 is 0 Å². The van der Waals surface area contributed by atoms with Crippen LogP contribution in [0.1, 0.15) is 28.9 Å². The van der Waals surface area contributed by atoms with Crippen molar-refractivity contribution in [2.24, 2.45) is 0 Å². The minimum atomic E-state index is -0.257. The Morgan fingerprint density at radius 1 is 1.16 bits per heavy atom. The van der Waals surface area contributed by atoms with Crippen molar-refractivity contribution in [3.8, 4) is 5.88 Å². The number of nitrogens with zero attached hydrogens (tertiary/aromatic N) is 4. The fourth-order valence-corrected chi connectivity index (χ4v) is 2.41. The molecule has 128 valence electrons. The largest absolute Gasteiger partial charge is 0.478 e. The number of carbonyl (C=O) groups is 1. The zero-order valence-corrected chi connectivity index (χ0v) is 13.9. The maximum Gasteiger partial charge on any atom is 0.253 e. The van der Waals surface area contributed by atoms with Gasteiger partial charge in [-0.05, 0) is 18.6 Å². The molecule has 7 nitrogen and oxygen atoms in total. The highest BCUT2D eigenvalue weighted by Gasteiger charge is 2.17. The van der Waals surface area contributed by atoms with E-state index < -0.39 is 0 Å². The first-order valence-electron chi connectivity index (χ1n) is 8.05. The van der Waals surface area contributed by atoms with E-state index in [4.69, 9.17) is 4.74 Å². The highest BCUT2D eigenvalue weighted by atomic mass is 16.5. The van der Waals surface area contributed by atoms with Crippen LogP contribution < -0.4 is 10.1 Å². The maximum absolute atomic E-state index is 12.6. The Hall–Kier alpha value is -3.22. The molecule has 1 aromatic carbocycles. The fraction of sp³-hybridized carbons (Fsp3) is 0.222. The quantitative estimate of drug-likeness (QED) is 0.715. The van der Waals surface area contributed by atoms with Gasteiger partial charge in [0.25, 0.3) is 5.91 Å². The highest BCUT2D eigenvalue weighted by molar-refractivity contribution is 5.94. The number of hydrogen-bond acceptors (Lipinski definition) is 5. The Kier molecular flexibility index (Phi) is 5.36. The van der Waals surface area contributed by atoms with Crippen molar-refractivity contribution in [1.29, 1.82) is 0 Å². The van der Waals surface area contributed by atoms with E-state index in [0.29, 0.717) is 24.6 Å². The molecular weight excluding hydrogens is 318 g/mol. The van der Waals surface area contributed by atoms with E-state index in [1.807, 2.05) is 37.3 Å². The van der Waals surface area contributed by atoms with Gasteiger partial charge in [0.2, 0.25) is 5.88 Å². The SMILES string of the molecule is CCOc1ccc(C(=O)NC(Cn2nccn2)c2ccccc2)cn1. The van der Waals surface area contributed by atoms with E-state index in [1.165, 1.54) is 6.20 Å². The molecule has 1 atom stereocenters. The predicted molar refractivity (Wildman–Crippen MR) is 92.1 cm³/mol. The number of pyridine rings is 1. The lowest BCUT2D eigenvalue weighted by molar-refractivity contribution is 0.0930. The summed E-state index contributed by atoms with van der Waals surface area (Å²) in [6.45, 7) is 2.86. The third-order valence-electron chi connectivity index (χ3n) is 3.61. The van der Waals surface area contributed by atoms with Gasteiger partial charge in [-0.25, -0.2) is 4.98 Å². The Bertz CT molecular complexity index is 788. The molecule has 0 aliphatic heterocycles. The van der Waals surface area contributed by atoms with E-state index in [2.05, 4.69) is 20.5 Å². The van der Waals surface area contributed by atoms with E-state index >= 15 is 0 Å². The molecule has 0 saturated heterocycles. The van der Waals surface area contributed by atoms with Crippen molar-refractivity contribution in [3.05, 3.63) is 72.2 Å². The molecule has 0 aliphatic carbocycles. The maximum atomic E-state index is 12.6. The van der Waals surface area contributed by atoms with Crippen LogP contribution in [0.25, 0.3) is 0 Å². The lowest BCUT2D eigenvalue weighted by Crippen LogP contribution is -2.32. The van der Waals surface area contributed by atoms with Gasteiger partial charge in [0.15, 0.2) is 0 Å². The predicted octanol–water partition coefficient (Wildman–Crippen LogP) is 2.24. The summed E-state index contributed by atoms with van der Waals surface area (Å²) in [4.78, 5) is 18.3. The van der Waals surface area contributed by atoms with Crippen molar-refractivity contribution >= 4 is 5.91 Å². The summed E-state index contributed by atoms with van der Waals surface area (Å²) in [6.07, 6.45) is 4.73. The molecule has 7 heteroatoms. The summed E-state index contributed by atoms with van der Waals surface area (Å²) in [6, 6.07) is 12.9. The second-order valence-corrected chi connectivity index (χ2v) is 5.34. The molecule has 2 aromatic heterocycles. The molecule has 0 fully saturated rings. The molecule has 0 spiro atoms. The van der Waals surface area contributed by atoms with Crippen LogP contribution in [0.2, 0.25) is 0 Å². The second kappa shape index (κ2) is 8.05. The summed E-state index contributed by atoms with van der Waals surface area (Å²) in [5, 5.41) is 11.3. The lowest BCUT2D eigenvalue weighted by atomic mass is 10.1. The minimum absolute atomic E-state index is 0.212. The number of rotatable bonds is 7. The van der Waals surface area contributed by atoms with Gasteiger partial charge in [-0.2, -0.15) is 15.0 Å². The smallest absolute Gasteiger partial charge is 0.253 e. The molecule has 25 heavy (non-hydrogen) atoms. The normalized spacial score (nSPS) is 11.7. The van der Waals surface area contributed by atoms with Gasteiger partial charge in [-0.3, -0.25) is 4.79 Å². The molecule has 3 aromatic rings. The van der Waals surface area contributed by atoms with Gasteiger partial charge in [0.05, 0.1) is 37.2 Å². The Balaban J connectivity index is 1.76. The summed E-state index contributed by atoms with van der Waals surface area (Å²) in [5.74, 6) is 0.288. The van der Waals surface area contributed by atoms with Crippen molar-refractivity contribution in [3.63, 3.8) is 0 Å². The van der Waals surface area contributed by atoms with Crippen molar-refractivity contribution < 1.29 is 9.53 Å². The monoisotopic (exact) mass is 337 g/mol. The van der Waals surface area contributed by atoms with E-state index in [-0.39, 0.29) is 11.9 Å². The number of amides is 1. The summed E-state index contributed by atoms with van der Waals surface area (Å²) in [5.41, 5.74) is 1.45. The molecule has 2 heterocycles. The van der Waals surface area contributed by atoms with Crippen LogP contribution in [0.4, 0.5) is 0 Å². The average Bonchev–Trinajstić information content (AvgIpc) is 3.16. The van der Waals surface area contributed by atoms with Crippen LogP contribution in [0, 0.1) is 0 Å². The highest BCUT2D eigenvalue weighted by Crippen LogP contribution is 2.16. The number of hydrogen-bond donors (Lipinski definition) is 1. The van der Waals surface area contributed by atoms with Gasteiger partial charge in [0, 0.05) is 12.3 Å². The Morgan fingerprint density at radius 3 is 2.56 bits per heavy atom. The van der Waals surface area contributed by atoms with Crippen LogP contribution in [0.5, 0.6) is 5.88 Å². The van der Waals surface area contributed by atoms with Crippen molar-refractivity contribution in [2.45, 2.75) is 19.5 Å². The standard InChI is InChI=1S/C18H19N5O2/c1-2-25-17-9-8-15(12-19-17)18(24)22-16(13-23-20-10-11-21-23)14-6-4-3-5-7-14/h3-12,16H,2,13H2,1H3,(H,22,24). The van der Waals surface area contributed by atoms with Gasteiger partial charge in [0.1, 0.15) is 0 Å². The zero-order valence-electron chi connectivity index (χ0n) is 13.9. The van der Waals surface area contributed by atoms with Crippen LogP contribution in [-0.4, -0.2) is 32.5 Å². The topological polar surface area (TPSA) is 81.9 Å². The first-order chi connectivity index (χ1) is 12.3. The third-order valence-corrected chi connectivity index (χ3v) is 3.61. The van der Waals surface area contributed by atoms with Crippen LogP contribution in [0.3, 0.4) is 0 Å². The summed E-state index contributed by atoms with van der Waals surface area (Å²) in [7, 11) is 0. The fourth-order valence-electron chi connectivity index (χ4n) is 2.41. The molecule has 1 amide bonds.